The van der Waals surface area contributed by atoms with Crippen LogP contribution in [0.5, 0.6) is 0 Å². The van der Waals surface area contributed by atoms with Gasteiger partial charge in [-0.05, 0) is 23.8 Å². The molecule has 4 rings (SSSR count). The highest BCUT2D eigenvalue weighted by Crippen LogP contribution is 2.26. The summed E-state index contributed by atoms with van der Waals surface area (Å²) in [6.07, 6.45) is 1.48. The van der Waals surface area contributed by atoms with Gasteiger partial charge in [-0.15, -0.1) is 0 Å². The molecule has 3 aromatic rings. The maximum absolute atomic E-state index is 14.0. The summed E-state index contributed by atoms with van der Waals surface area (Å²) in [5.74, 6) is -1.85. The lowest BCUT2D eigenvalue weighted by Gasteiger charge is -2.35. The van der Waals surface area contributed by atoms with Crippen LogP contribution in [0.15, 0.2) is 64.4 Å². The molecule has 0 spiro atoms. The first-order valence-corrected chi connectivity index (χ1v) is 11.6. The van der Waals surface area contributed by atoms with E-state index in [1.807, 2.05) is 30.3 Å². The summed E-state index contributed by atoms with van der Waals surface area (Å²) in [5.41, 5.74) is 0.842. The summed E-state index contributed by atoms with van der Waals surface area (Å²) in [7, 11) is -4.20. The Morgan fingerprint density at radius 1 is 1.00 bits per heavy atom. The Labute approximate surface area is 188 Å². The molecule has 1 saturated heterocycles. The maximum atomic E-state index is 14.0. The number of sulfonamides is 1. The number of hydrogen-bond acceptors (Lipinski definition) is 5. The van der Waals surface area contributed by atoms with Gasteiger partial charge >= 0.3 is 0 Å². The zero-order chi connectivity index (χ0) is 22.9. The lowest BCUT2D eigenvalue weighted by atomic mass is 10.2. The summed E-state index contributed by atoms with van der Waals surface area (Å²) in [6.45, 7) is 0.716. The maximum Gasteiger partial charge on any atom is 0.287 e. The van der Waals surface area contributed by atoms with Gasteiger partial charge in [-0.2, -0.15) is 9.40 Å². The normalized spacial score (nSPS) is 15.2. The first-order valence-electron chi connectivity index (χ1n) is 9.77. The minimum atomic E-state index is -4.20. The van der Waals surface area contributed by atoms with Crippen molar-refractivity contribution in [3.63, 3.8) is 0 Å². The van der Waals surface area contributed by atoms with E-state index in [0.29, 0.717) is 11.8 Å². The highest BCUT2D eigenvalue weighted by atomic mass is 35.5. The third kappa shape index (κ3) is 4.38. The molecule has 0 radical (unpaired) electrons. The summed E-state index contributed by atoms with van der Waals surface area (Å²) in [4.78, 5) is 13.7. The molecule has 0 amide bonds. The van der Waals surface area contributed by atoms with E-state index in [1.54, 1.807) is 4.90 Å². The van der Waals surface area contributed by atoms with Crippen molar-refractivity contribution < 1.29 is 17.2 Å². The molecule has 0 bridgehead atoms. The van der Waals surface area contributed by atoms with Gasteiger partial charge in [-0.25, -0.2) is 21.9 Å². The van der Waals surface area contributed by atoms with Gasteiger partial charge in [0, 0.05) is 26.2 Å². The van der Waals surface area contributed by atoms with Crippen LogP contribution in [0.3, 0.4) is 0 Å². The third-order valence-electron chi connectivity index (χ3n) is 5.23. The molecule has 1 aromatic heterocycles. The van der Waals surface area contributed by atoms with Gasteiger partial charge in [0.1, 0.15) is 21.6 Å². The third-order valence-corrected chi connectivity index (χ3v) is 7.50. The Hall–Kier alpha value is -2.82. The second kappa shape index (κ2) is 8.97. The lowest BCUT2D eigenvalue weighted by Crippen LogP contribution is -2.49. The first-order chi connectivity index (χ1) is 15.3. The van der Waals surface area contributed by atoms with E-state index < -0.39 is 32.1 Å². The number of rotatable bonds is 5. The van der Waals surface area contributed by atoms with Crippen molar-refractivity contribution in [1.82, 2.24) is 14.1 Å². The molecule has 0 aliphatic carbocycles. The molecule has 1 aliphatic heterocycles. The van der Waals surface area contributed by atoms with Crippen molar-refractivity contribution in [2.75, 3.05) is 31.1 Å². The van der Waals surface area contributed by atoms with Gasteiger partial charge in [0.05, 0.1) is 18.4 Å². The predicted molar refractivity (Wildman–Crippen MR) is 116 cm³/mol. The molecule has 32 heavy (non-hydrogen) atoms. The zero-order valence-electron chi connectivity index (χ0n) is 16.8. The van der Waals surface area contributed by atoms with Gasteiger partial charge in [-0.1, -0.05) is 41.9 Å². The summed E-state index contributed by atoms with van der Waals surface area (Å²) in [5, 5.41) is 4.19. The fraction of sp³-hybridized carbons (Fsp3) is 0.238. The molecule has 168 valence electrons. The largest absolute Gasteiger partial charge is 0.366 e. The molecule has 1 aliphatic rings. The monoisotopic (exact) mass is 480 g/mol. The van der Waals surface area contributed by atoms with E-state index in [1.165, 1.54) is 10.9 Å². The van der Waals surface area contributed by atoms with Crippen molar-refractivity contribution in [2.45, 2.75) is 11.4 Å². The SMILES string of the molecule is O=c1c(Cl)c(N2CCN(S(=O)(=O)c3cc(F)ccc3F)CC2)cnn1Cc1ccccc1. The lowest BCUT2D eigenvalue weighted by molar-refractivity contribution is 0.381. The highest BCUT2D eigenvalue weighted by Gasteiger charge is 2.32. The van der Waals surface area contributed by atoms with Crippen LogP contribution in [0.25, 0.3) is 0 Å². The zero-order valence-corrected chi connectivity index (χ0v) is 18.4. The van der Waals surface area contributed by atoms with E-state index in [2.05, 4.69) is 5.10 Å². The van der Waals surface area contributed by atoms with Crippen LogP contribution in [-0.4, -0.2) is 48.7 Å². The van der Waals surface area contributed by atoms with Crippen LogP contribution in [0.1, 0.15) is 5.56 Å². The van der Waals surface area contributed by atoms with E-state index >= 15 is 0 Å². The van der Waals surface area contributed by atoms with Crippen LogP contribution < -0.4 is 10.5 Å². The molecule has 0 unspecified atom stereocenters. The molecule has 1 fully saturated rings. The van der Waals surface area contributed by atoms with Gasteiger partial charge in [0.25, 0.3) is 5.56 Å². The fourth-order valence-electron chi connectivity index (χ4n) is 3.53. The first kappa shape index (κ1) is 22.4. The summed E-state index contributed by atoms with van der Waals surface area (Å²) < 4.78 is 55.3. The van der Waals surface area contributed by atoms with Crippen molar-refractivity contribution in [1.29, 1.82) is 0 Å². The molecular formula is C21H19ClF2N4O3S. The number of anilines is 1. The van der Waals surface area contributed by atoms with Crippen LogP contribution in [0.2, 0.25) is 5.02 Å². The standard InChI is InChI=1S/C21H19ClF2N4O3S/c22-20-18(13-25-28(21(20)29)14-15-4-2-1-3-5-15)26-8-10-27(11-9-26)32(30,31)19-12-16(23)6-7-17(19)24/h1-7,12-13H,8-11,14H2. The average Bonchev–Trinajstić information content (AvgIpc) is 2.79. The van der Waals surface area contributed by atoms with Gasteiger partial charge in [-0.3, -0.25) is 4.79 Å². The molecule has 2 heterocycles. The molecular weight excluding hydrogens is 462 g/mol. The van der Waals surface area contributed by atoms with E-state index in [-0.39, 0.29) is 37.7 Å². The number of aromatic nitrogens is 2. The number of hydrogen-bond donors (Lipinski definition) is 0. The average molecular weight is 481 g/mol. The smallest absolute Gasteiger partial charge is 0.287 e. The Morgan fingerprint density at radius 3 is 2.38 bits per heavy atom. The summed E-state index contributed by atoms with van der Waals surface area (Å²) in [6, 6.07) is 11.7. The van der Waals surface area contributed by atoms with E-state index in [0.717, 1.165) is 22.0 Å². The fourth-order valence-corrected chi connectivity index (χ4v) is 5.29. The predicted octanol–water partition coefficient (Wildman–Crippen LogP) is 2.73. The quantitative estimate of drug-likeness (QED) is 0.561. The molecule has 7 nitrogen and oxygen atoms in total. The molecule has 11 heteroatoms. The topological polar surface area (TPSA) is 75.5 Å². The Balaban J connectivity index is 1.50. The van der Waals surface area contributed by atoms with Crippen molar-refractivity contribution in [2.24, 2.45) is 0 Å². The molecule has 0 atom stereocenters. The second-order valence-corrected chi connectivity index (χ2v) is 9.54. The molecule has 0 N–H and O–H groups in total. The Bertz CT molecular complexity index is 1290. The van der Waals surface area contributed by atoms with Crippen LogP contribution in [0.4, 0.5) is 14.5 Å². The minimum Gasteiger partial charge on any atom is -0.366 e. The van der Waals surface area contributed by atoms with E-state index in [4.69, 9.17) is 11.6 Å². The second-order valence-electron chi connectivity index (χ2n) is 7.26. The van der Waals surface area contributed by atoms with Gasteiger partial charge in [0.15, 0.2) is 0 Å². The number of nitrogens with zero attached hydrogens (tertiary/aromatic N) is 4. The molecule has 0 saturated carbocycles. The van der Waals surface area contributed by atoms with Crippen LogP contribution in [0, 0.1) is 11.6 Å². The number of piperazine rings is 1. The van der Waals surface area contributed by atoms with Gasteiger partial charge < -0.3 is 4.90 Å². The number of halogens is 3. The minimum absolute atomic E-state index is 0.0107. The van der Waals surface area contributed by atoms with Crippen molar-refractivity contribution in [3.05, 3.63) is 87.3 Å². The van der Waals surface area contributed by atoms with Crippen molar-refractivity contribution >= 4 is 27.3 Å². The van der Waals surface area contributed by atoms with Crippen molar-refractivity contribution in [3.8, 4) is 0 Å². The Morgan fingerprint density at radius 2 is 1.69 bits per heavy atom. The highest BCUT2D eigenvalue weighted by molar-refractivity contribution is 7.89. The van der Waals surface area contributed by atoms with Crippen LogP contribution in [-0.2, 0) is 16.6 Å². The van der Waals surface area contributed by atoms with Gasteiger partial charge in [0.2, 0.25) is 10.0 Å². The Kier molecular flexibility index (Phi) is 6.27. The molecule has 2 aromatic carbocycles. The summed E-state index contributed by atoms with van der Waals surface area (Å²) >= 11 is 6.32. The van der Waals surface area contributed by atoms with Crippen LogP contribution >= 0.6 is 11.6 Å². The number of benzene rings is 2. The van der Waals surface area contributed by atoms with E-state index in [9.17, 15) is 22.0 Å².